The van der Waals surface area contributed by atoms with E-state index in [0.29, 0.717) is 0 Å². The van der Waals surface area contributed by atoms with Gasteiger partial charge in [-0.15, -0.1) is 11.3 Å². The van der Waals surface area contributed by atoms with Gasteiger partial charge in [0.1, 0.15) is 0 Å². The van der Waals surface area contributed by atoms with Gasteiger partial charge in [0.05, 0.1) is 10.7 Å². The highest BCUT2D eigenvalue weighted by Gasteiger charge is 1.98. The second kappa shape index (κ2) is 5.23. The number of aryl methyl sites for hydroxylation is 2. The Morgan fingerprint density at radius 2 is 2.12 bits per heavy atom. The molecule has 0 unspecified atom stereocenters. The van der Waals surface area contributed by atoms with Crippen molar-refractivity contribution in [2.45, 2.75) is 26.9 Å². The van der Waals surface area contributed by atoms with Crippen LogP contribution in [0.5, 0.6) is 0 Å². The number of benzene rings is 1. The van der Waals surface area contributed by atoms with Gasteiger partial charge in [0.15, 0.2) is 0 Å². The van der Waals surface area contributed by atoms with Gasteiger partial charge in [-0.2, -0.15) is 0 Å². The van der Waals surface area contributed by atoms with Crippen LogP contribution < -0.4 is 5.32 Å². The van der Waals surface area contributed by atoms with Crippen molar-refractivity contribution < 1.29 is 0 Å². The molecule has 0 radical (unpaired) electrons. The first-order chi connectivity index (χ1) is 7.74. The largest absolute Gasteiger partial charge is 0.307 e. The molecule has 1 heterocycles. The maximum absolute atomic E-state index is 4.42. The molecule has 84 valence electrons. The molecular weight excluding hydrogens is 216 g/mol. The van der Waals surface area contributed by atoms with Crippen LogP contribution in [0.15, 0.2) is 29.6 Å². The molecule has 1 N–H and O–H groups in total. The van der Waals surface area contributed by atoms with Crippen molar-refractivity contribution in [2.75, 3.05) is 0 Å². The first-order valence-electron chi connectivity index (χ1n) is 5.41. The maximum Gasteiger partial charge on any atom is 0.0897 e. The van der Waals surface area contributed by atoms with Crippen molar-refractivity contribution in [2.24, 2.45) is 0 Å². The van der Waals surface area contributed by atoms with E-state index in [9.17, 15) is 0 Å². The van der Waals surface area contributed by atoms with Gasteiger partial charge < -0.3 is 5.32 Å². The summed E-state index contributed by atoms with van der Waals surface area (Å²) in [6.07, 6.45) is 0. The lowest BCUT2D eigenvalue weighted by Crippen LogP contribution is -2.12. The third-order valence-corrected chi connectivity index (χ3v) is 3.21. The van der Waals surface area contributed by atoms with Crippen LogP contribution in [0, 0.1) is 13.8 Å². The summed E-state index contributed by atoms with van der Waals surface area (Å²) in [5.41, 5.74) is 3.77. The number of hydrogen-bond acceptors (Lipinski definition) is 3. The lowest BCUT2D eigenvalue weighted by atomic mass is 10.1. The molecule has 2 rings (SSSR count). The maximum atomic E-state index is 4.42. The number of nitrogens with one attached hydrogen (secondary N) is 1. The summed E-state index contributed by atoms with van der Waals surface area (Å²) in [4.78, 5) is 4.42. The second-order valence-corrected chi connectivity index (χ2v) is 5.01. The van der Waals surface area contributed by atoms with Gasteiger partial charge in [0.25, 0.3) is 0 Å². The summed E-state index contributed by atoms with van der Waals surface area (Å²) in [5.74, 6) is 0. The van der Waals surface area contributed by atoms with Gasteiger partial charge in [0, 0.05) is 18.5 Å². The molecule has 1 aromatic carbocycles. The molecule has 0 saturated carbocycles. The fraction of sp³-hybridized carbons (Fsp3) is 0.308. The standard InChI is InChI=1S/C13H16N2S/c1-10-4-3-5-12(6-10)7-14-8-13-9-16-11(2)15-13/h3-6,9,14H,7-8H2,1-2H3. The van der Waals surface area contributed by atoms with E-state index < -0.39 is 0 Å². The van der Waals surface area contributed by atoms with E-state index in [0.717, 1.165) is 23.8 Å². The highest BCUT2D eigenvalue weighted by molar-refractivity contribution is 7.09. The molecule has 0 fully saturated rings. The van der Waals surface area contributed by atoms with Crippen molar-refractivity contribution in [3.63, 3.8) is 0 Å². The zero-order valence-electron chi connectivity index (χ0n) is 9.66. The molecule has 0 amide bonds. The molecule has 2 nitrogen and oxygen atoms in total. The molecule has 3 heteroatoms. The van der Waals surface area contributed by atoms with Crippen LogP contribution in [0.25, 0.3) is 0 Å². The van der Waals surface area contributed by atoms with Crippen molar-refractivity contribution in [3.05, 3.63) is 51.5 Å². The minimum atomic E-state index is 0.846. The molecule has 16 heavy (non-hydrogen) atoms. The topological polar surface area (TPSA) is 24.9 Å². The van der Waals surface area contributed by atoms with E-state index in [1.807, 2.05) is 6.92 Å². The first kappa shape index (κ1) is 11.3. The van der Waals surface area contributed by atoms with Crippen molar-refractivity contribution in [3.8, 4) is 0 Å². The molecule has 1 aromatic heterocycles. The van der Waals surface area contributed by atoms with Gasteiger partial charge in [-0.3, -0.25) is 0 Å². The Hall–Kier alpha value is -1.19. The minimum absolute atomic E-state index is 0.846. The number of rotatable bonds is 4. The van der Waals surface area contributed by atoms with E-state index in [1.165, 1.54) is 11.1 Å². The fourth-order valence-electron chi connectivity index (χ4n) is 1.65. The van der Waals surface area contributed by atoms with Crippen molar-refractivity contribution in [1.29, 1.82) is 0 Å². The van der Waals surface area contributed by atoms with E-state index in [1.54, 1.807) is 11.3 Å². The summed E-state index contributed by atoms with van der Waals surface area (Å²) >= 11 is 1.70. The molecule has 0 spiro atoms. The van der Waals surface area contributed by atoms with Crippen LogP contribution in [0.3, 0.4) is 0 Å². The third-order valence-electron chi connectivity index (χ3n) is 2.38. The van der Waals surface area contributed by atoms with Crippen LogP contribution in [-0.4, -0.2) is 4.98 Å². The Bertz CT molecular complexity index is 462. The van der Waals surface area contributed by atoms with Gasteiger partial charge in [-0.1, -0.05) is 29.8 Å². The zero-order valence-corrected chi connectivity index (χ0v) is 10.5. The molecule has 0 aliphatic heterocycles. The van der Waals surface area contributed by atoms with Gasteiger partial charge >= 0.3 is 0 Å². The Balaban J connectivity index is 1.84. The van der Waals surface area contributed by atoms with E-state index >= 15 is 0 Å². The van der Waals surface area contributed by atoms with Crippen LogP contribution in [0.1, 0.15) is 21.8 Å². The molecule has 0 atom stereocenters. The predicted octanol–water partition coefficient (Wildman–Crippen LogP) is 3.05. The van der Waals surface area contributed by atoms with Gasteiger partial charge in [-0.05, 0) is 19.4 Å². The monoisotopic (exact) mass is 232 g/mol. The molecule has 0 bridgehead atoms. The average molecular weight is 232 g/mol. The van der Waals surface area contributed by atoms with Crippen molar-refractivity contribution in [1.82, 2.24) is 10.3 Å². The summed E-state index contributed by atoms with van der Waals surface area (Å²) in [6, 6.07) is 8.57. The normalized spacial score (nSPS) is 10.6. The highest BCUT2D eigenvalue weighted by atomic mass is 32.1. The zero-order chi connectivity index (χ0) is 11.4. The lowest BCUT2D eigenvalue weighted by molar-refractivity contribution is 0.681. The summed E-state index contributed by atoms with van der Waals surface area (Å²) in [7, 11) is 0. The second-order valence-electron chi connectivity index (χ2n) is 3.95. The van der Waals surface area contributed by atoms with Gasteiger partial charge in [-0.25, -0.2) is 4.98 Å². The molecular formula is C13H16N2S. The first-order valence-corrected chi connectivity index (χ1v) is 6.29. The van der Waals surface area contributed by atoms with E-state index in [4.69, 9.17) is 0 Å². The Labute approximate surface area is 100 Å². The van der Waals surface area contributed by atoms with Crippen LogP contribution >= 0.6 is 11.3 Å². The smallest absolute Gasteiger partial charge is 0.0897 e. The van der Waals surface area contributed by atoms with Gasteiger partial charge in [0.2, 0.25) is 0 Å². The Morgan fingerprint density at radius 3 is 2.81 bits per heavy atom. The molecule has 0 aliphatic carbocycles. The molecule has 0 saturated heterocycles. The minimum Gasteiger partial charge on any atom is -0.307 e. The summed E-state index contributed by atoms with van der Waals surface area (Å²) in [6.45, 7) is 5.90. The SMILES string of the molecule is Cc1cccc(CNCc2csc(C)n2)c1. The highest BCUT2D eigenvalue weighted by Crippen LogP contribution is 2.08. The van der Waals surface area contributed by atoms with Crippen LogP contribution in [0.2, 0.25) is 0 Å². The Morgan fingerprint density at radius 1 is 1.25 bits per heavy atom. The number of nitrogens with zero attached hydrogens (tertiary/aromatic N) is 1. The van der Waals surface area contributed by atoms with Crippen LogP contribution in [-0.2, 0) is 13.1 Å². The fourth-order valence-corrected chi connectivity index (χ4v) is 2.26. The van der Waals surface area contributed by atoms with E-state index in [-0.39, 0.29) is 0 Å². The number of hydrogen-bond donors (Lipinski definition) is 1. The van der Waals surface area contributed by atoms with Crippen LogP contribution in [0.4, 0.5) is 0 Å². The van der Waals surface area contributed by atoms with Crippen molar-refractivity contribution >= 4 is 11.3 Å². The summed E-state index contributed by atoms with van der Waals surface area (Å²) in [5, 5.41) is 6.64. The average Bonchev–Trinajstić information content (AvgIpc) is 2.64. The molecule has 2 aromatic rings. The summed E-state index contributed by atoms with van der Waals surface area (Å²) < 4.78 is 0. The lowest BCUT2D eigenvalue weighted by Gasteiger charge is -2.03. The van der Waals surface area contributed by atoms with E-state index in [2.05, 4.69) is 46.9 Å². The predicted molar refractivity (Wildman–Crippen MR) is 68.6 cm³/mol. The Kier molecular flexibility index (Phi) is 3.70. The quantitative estimate of drug-likeness (QED) is 0.876. The molecule has 0 aliphatic rings. The number of thiazole rings is 1. The third kappa shape index (κ3) is 3.15. The number of aromatic nitrogens is 1.